The average Bonchev–Trinajstić information content (AvgIpc) is 2.60. The fourth-order valence-electron chi connectivity index (χ4n) is 3.08. The molecule has 1 aliphatic heterocycles. The lowest BCUT2D eigenvalue weighted by Gasteiger charge is -2.32. The number of benzene rings is 1. The van der Waals surface area contributed by atoms with Crippen molar-refractivity contribution in [2.24, 2.45) is 0 Å². The lowest BCUT2D eigenvalue weighted by atomic mass is 9.97. The standard InChI is InChI=1S/C20H31N3O3/c1-4-21-19(25)23-12-9-17(10-13-23)22-18(24)16-7-5-6-15(14-16)8-11-20(2,3)26/h5-7,14,17,26H,4,8-13H2,1-3H3,(H,21,25)(H,22,24). The summed E-state index contributed by atoms with van der Waals surface area (Å²) >= 11 is 0. The summed E-state index contributed by atoms with van der Waals surface area (Å²) in [5, 5.41) is 15.7. The van der Waals surface area contributed by atoms with Gasteiger partial charge in [-0.1, -0.05) is 12.1 Å². The molecule has 1 aromatic rings. The van der Waals surface area contributed by atoms with Crippen molar-refractivity contribution < 1.29 is 14.7 Å². The molecule has 6 heteroatoms. The fourth-order valence-corrected chi connectivity index (χ4v) is 3.08. The molecule has 0 radical (unpaired) electrons. The number of aliphatic hydroxyl groups is 1. The number of hydrogen-bond donors (Lipinski definition) is 3. The van der Waals surface area contributed by atoms with Gasteiger partial charge < -0.3 is 20.6 Å². The number of nitrogens with zero attached hydrogens (tertiary/aromatic N) is 1. The maximum absolute atomic E-state index is 12.5. The number of piperidine rings is 1. The summed E-state index contributed by atoms with van der Waals surface area (Å²) < 4.78 is 0. The minimum atomic E-state index is -0.712. The number of rotatable bonds is 6. The molecule has 0 atom stereocenters. The maximum Gasteiger partial charge on any atom is 0.317 e. The third-order valence-electron chi connectivity index (χ3n) is 4.66. The second-order valence-corrected chi connectivity index (χ2v) is 7.58. The Kier molecular flexibility index (Phi) is 7.03. The molecule has 0 spiro atoms. The van der Waals surface area contributed by atoms with Crippen LogP contribution in [0.2, 0.25) is 0 Å². The number of urea groups is 1. The van der Waals surface area contributed by atoms with Crippen LogP contribution in [0.15, 0.2) is 24.3 Å². The summed E-state index contributed by atoms with van der Waals surface area (Å²) in [6, 6.07) is 7.63. The van der Waals surface area contributed by atoms with Crippen molar-refractivity contribution in [3.63, 3.8) is 0 Å². The molecule has 1 fully saturated rings. The molecule has 3 N–H and O–H groups in total. The molecule has 6 nitrogen and oxygen atoms in total. The van der Waals surface area contributed by atoms with Crippen molar-refractivity contribution in [2.75, 3.05) is 19.6 Å². The molecule has 1 aliphatic rings. The van der Waals surface area contributed by atoms with Crippen LogP contribution in [0.25, 0.3) is 0 Å². The molecule has 0 saturated carbocycles. The zero-order valence-electron chi connectivity index (χ0n) is 16.0. The zero-order valence-corrected chi connectivity index (χ0v) is 16.0. The zero-order chi connectivity index (χ0) is 19.2. The smallest absolute Gasteiger partial charge is 0.317 e. The van der Waals surface area contributed by atoms with Crippen molar-refractivity contribution in [1.82, 2.24) is 15.5 Å². The summed E-state index contributed by atoms with van der Waals surface area (Å²) in [7, 11) is 0. The van der Waals surface area contributed by atoms with Gasteiger partial charge in [0.2, 0.25) is 0 Å². The van der Waals surface area contributed by atoms with E-state index in [0.717, 1.165) is 24.8 Å². The normalized spacial score (nSPS) is 15.6. The minimum absolute atomic E-state index is 0.0308. The van der Waals surface area contributed by atoms with Crippen molar-refractivity contribution in [3.05, 3.63) is 35.4 Å². The van der Waals surface area contributed by atoms with E-state index < -0.39 is 5.60 Å². The van der Waals surface area contributed by atoms with E-state index in [-0.39, 0.29) is 18.0 Å². The van der Waals surface area contributed by atoms with E-state index in [4.69, 9.17) is 0 Å². The lowest BCUT2D eigenvalue weighted by Crippen LogP contribution is -2.49. The summed E-state index contributed by atoms with van der Waals surface area (Å²) in [4.78, 5) is 26.2. The Hall–Kier alpha value is -2.08. The molecular weight excluding hydrogens is 330 g/mol. The summed E-state index contributed by atoms with van der Waals surface area (Å²) in [5.74, 6) is -0.0773. The monoisotopic (exact) mass is 361 g/mol. The Morgan fingerprint density at radius 2 is 1.96 bits per heavy atom. The predicted molar refractivity (Wildman–Crippen MR) is 102 cm³/mol. The van der Waals surface area contributed by atoms with Gasteiger partial charge in [-0.25, -0.2) is 4.79 Å². The number of carbonyl (C=O) groups excluding carboxylic acids is 2. The number of nitrogens with one attached hydrogen (secondary N) is 2. The van der Waals surface area contributed by atoms with Gasteiger partial charge in [-0.15, -0.1) is 0 Å². The number of carbonyl (C=O) groups is 2. The highest BCUT2D eigenvalue weighted by atomic mass is 16.3. The highest BCUT2D eigenvalue weighted by Gasteiger charge is 2.24. The topological polar surface area (TPSA) is 81.7 Å². The van der Waals surface area contributed by atoms with Gasteiger partial charge >= 0.3 is 6.03 Å². The predicted octanol–water partition coefficient (Wildman–Crippen LogP) is 2.31. The first-order valence-corrected chi connectivity index (χ1v) is 9.43. The minimum Gasteiger partial charge on any atom is -0.390 e. The second kappa shape index (κ2) is 9.03. The van der Waals surface area contributed by atoms with Crippen LogP contribution in [-0.4, -0.2) is 53.2 Å². The maximum atomic E-state index is 12.5. The van der Waals surface area contributed by atoms with Gasteiger partial charge in [-0.2, -0.15) is 0 Å². The van der Waals surface area contributed by atoms with Gasteiger partial charge in [0.15, 0.2) is 0 Å². The van der Waals surface area contributed by atoms with Crippen molar-refractivity contribution >= 4 is 11.9 Å². The molecule has 2 rings (SSSR count). The molecule has 1 aromatic carbocycles. The van der Waals surface area contributed by atoms with Crippen LogP contribution in [0.1, 0.15) is 56.0 Å². The third kappa shape index (κ3) is 6.33. The van der Waals surface area contributed by atoms with Gasteiger partial charge in [0, 0.05) is 31.2 Å². The second-order valence-electron chi connectivity index (χ2n) is 7.58. The quantitative estimate of drug-likeness (QED) is 0.727. The average molecular weight is 361 g/mol. The molecular formula is C20H31N3O3. The van der Waals surface area contributed by atoms with Gasteiger partial charge in [-0.3, -0.25) is 4.79 Å². The fraction of sp³-hybridized carbons (Fsp3) is 0.600. The Balaban J connectivity index is 1.86. The van der Waals surface area contributed by atoms with E-state index in [9.17, 15) is 14.7 Å². The Morgan fingerprint density at radius 1 is 1.27 bits per heavy atom. The Labute approximate surface area is 156 Å². The van der Waals surface area contributed by atoms with E-state index in [2.05, 4.69) is 10.6 Å². The SMILES string of the molecule is CCNC(=O)N1CCC(NC(=O)c2cccc(CCC(C)(C)O)c2)CC1. The van der Waals surface area contributed by atoms with Crippen LogP contribution in [-0.2, 0) is 6.42 Å². The molecule has 144 valence electrons. The highest BCUT2D eigenvalue weighted by molar-refractivity contribution is 5.94. The summed E-state index contributed by atoms with van der Waals surface area (Å²) in [6.45, 7) is 7.41. The van der Waals surface area contributed by atoms with E-state index >= 15 is 0 Å². The van der Waals surface area contributed by atoms with Crippen molar-refractivity contribution in [2.45, 2.75) is 58.1 Å². The first kappa shape index (κ1) is 20.2. The van der Waals surface area contributed by atoms with Crippen LogP contribution in [0, 0.1) is 0 Å². The van der Waals surface area contributed by atoms with Crippen LogP contribution in [0.3, 0.4) is 0 Å². The first-order valence-electron chi connectivity index (χ1n) is 9.43. The molecule has 0 unspecified atom stereocenters. The van der Waals surface area contributed by atoms with E-state index in [1.807, 2.05) is 31.2 Å². The van der Waals surface area contributed by atoms with Crippen LogP contribution in [0.4, 0.5) is 4.79 Å². The molecule has 26 heavy (non-hydrogen) atoms. The summed E-state index contributed by atoms with van der Waals surface area (Å²) in [5.41, 5.74) is 0.978. The highest BCUT2D eigenvalue weighted by Crippen LogP contribution is 2.15. The largest absolute Gasteiger partial charge is 0.390 e. The van der Waals surface area contributed by atoms with Gasteiger partial charge in [0.1, 0.15) is 0 Å². The lowest BCUT2D eigenvalue weighted by molar-refractivity contribution is 0.0714. The molecule has 1 heterocycles. The third-order valence-corrected chi connectivity index (χ3v) is 4.66. The van der Waals surface area contributed by atoms with Crippen LogP contribution in [0.5, 0.6) is 0 Å². The number of amides is 3. The van der Waals surface area contributed by atoms with Gasteiger partial charge in [0.05, 0.1) is 5.60 Å². The van der Waals surface area contributed by atoms with Crippen molar-refractivity contribution in [3.8, 4) is 0 Å². The molecule has 0 bridgehead atoms. The first-order chi connectivity index (χ1) is 12.3. The number of hydrogen-bond acceptors (Lipinski definition) is 3. The molecule has 3 amide bonds. The van der Waals surface area contributed by atoms with Gasteiger partial charge in [0.25, 0.3) is 5.91 Å². The molecule has 0 aromatic heterocycles. The number of likely N-dealkylation sites (tertiary alicyclic amines) is 1. The Bertz CT molecular complexity index is 617. The van der Waals surface area contributed by atoms with Crippen LogP contribution >= 0.6 is 0 Å². The molecule has 0 aliphatic carbocycles. The van der Waals surface area contributed by atoms with Crippen molar-refractivity contribution in [1.29, 1.82) is 0 Å². The Morgan fingerprint density at radius 3 is 2.58 bits per heavy atom. The van der Waals surface area contributed by atoms with E-state index in [0.29, 0.717) is 31.6 Å². The number of aryl methyl sites for hydroxylation is 1. The van der Waals surface area contributed by atoms with E-state index in [1.54, 1.807) is 18.7 Å². The molecule has 1 saturated heterocycles. The van der Waals surface area contributed by atoms with E-state index in [1.165, 1.54) is 0 Å². The summed E-state index contributed by atoms with van der Waals surface area (Å²) in [6.07, 6.45) is 2.91. The van der Waals surface area contributed by atoms with Crippen LogP contribution < -0.4 is 10.6 Å². The van der Waals surface area contributed by atoms with Gasteiger partial charge in [-0.05, 0) is 64.2 Å².